The number of carboxylic acids is 1. The summed E-state index contributed by atoms with van der Waals surface area (Å²) < 4.78 is 0. The lowest BCUT2D eigenvalue weighted by atomic mass is 10.0. The van der Waals surface area contributed by atoms with E-state index in [1.54, 1.807) is 0 Å². The minimum atomic E-state index is -1.01. The van der Waals surface area contributed by atoms with Gasteiger partial charge in [0.2, 0.25) is 5.91 Å². The fourth-order valence-corrected chi connectivity index (χ4v) is 2.34. The first-order valence-corrected chi connectivity index (χ1v) is 8.64. The second-order valence-electron chi connectivity index (χ2n) is 6.42. The Kier molecular flexibility index (Phi) is 12.9. The van der Waals surface area contributed by atoms with Gasteiger partial charge in [-0.05, 0) is 12.3 Å². The highest BCUT2D eigenvalue weighted by atomic mass is 16.5. The molecule has 0 saturated heterocycles. The molecule has 0 aliphatic rings. The Balaban J connectivity index is 3.34. The summed E-state index contributed by atoms with van der Waals surface area (Å²) in [5.74, 6) is -0.589. The van der Waals surface area contributed by atoms with Crippen LogP contribution in [0.3, 0.4) is 0 Å². The number of hydrogen-bond donors (Lipinski definition) is 2. The van der Waals surface area contributed by atoms with Crippen molar-refractivity contribution in [3.8, 4) is 0 Å². The van der Waals surface area contributed by atoms with Crippen LogP contribution in [0.2, 0.25) is 0 Å². The van der Waals surface area contributed by atoms with Crippen molar-refractivity contribution in [2.45, 2.75) is 84.5 Å². The van der Waals surface area contributed by atoms with Gasteiger partial charge in [0.1, 0.15) is 0 Å². The average molecular weight is 315 g/mol. The monoisotopic (exact) mass is 315 g/mol. The van der Waals surface area contributed by atoms with E-state index in [0.717, 1.165) is 25.2 Å². The van der Waals surface area contributed by atoms with Crippen LogP contribution < -0.4 is 0 Å². The Hall–Kier alpha value is -1.10. The van der Waals surface area contributed by atoms with Gasteiger partial charge in [0.05, 0.1) is 13.0 Å². The molecule has 130 valence electrons. The summed E-state index contributed by atoms with van der Waals surface area (Å²) in [6, 6.07) is 0. The number of nitrogens with zero attached hydrogens (tertiary/aromatic N) is 1. The molecule has 0 saturated carbocycles. The van der Waals surface area contributed by atoms with Crippen molar-refractivity contribution in [3.63, 3.8) is 0 Å². The molecule has 0 heterocycles. The molecule has 0 spiro atoms. The molecule has 0 aromatic heterocycles. The molecular weight excluding hydrogens is 282 g/mol. The molecule has 1 amide bonds. The largest absolute Gasteiger partial charge is 0.481 e. The lowest BCUT2D eigenvalue weighted by Crippen LogP contribution is -2.29. The smallest absolute Gasteiger partial charge is 0.305 e. The van der Waals surface area contributed by atoms with Gasteiger partial charge in [-0.1, -0.05) is 65.2 Å². The van der Waals surface area contributed by atoms with Crippen molar-refractivity contribution in [3.05, 3.63) is 0 Å². The van der Waals surface area contributed by atoms with Crippen molar-refractivity contribution in [2.24, 2.45) is 5.92 Å². The zero-order valence-corrected chi connectivity index (χ0v) is 14.2. The molecule has 22 heavy (non-hydrogen) atoms. The number of carbonyl (C=O) groups excluding carboxylic acids is 1. The molecule has 0 radical (unpaired) electrons. The van der Waals surface area contributed by atoms with Crippen LogP contribution in [0.4, 0.5) is 0 Å². The van der Waals surface area contributed by atoms with E-state index in [1.807, 2.05) is 0 Å². The van der Waals surface area contributed by atoms with Gasteiger partial charge in [-0.3, -0.25) is 14.8 Å². The maximum Gasteiger partial charge on any atom is 0.305 e. The summed E-state index contributed by atoms with van der Waals surface area (Å²) in [6.07, 6.45) is 10.7. The van der Waals surface area contributed by atoms with Crippen LogP contribution in [0.25, 0.3) is 0 Å². The quantitative estimate of drug-likeness (QED) is 0.285. The summed E-state index contributed by atoms with van der Waals surface area (Å²) in [4.78, 5) is 21.8. The van der Waals surface area contributed by atoms with Gasteiger partial charge in [0.15, 0.2) is 0 Å². The molecule has 0 aromatic carbocycles. The number of carboxylic acid groups (broad SMARTS) is 1. The molecule has 0 atom stereocenters. The van der Waals surface area contributed by atoms with Crippen molar-refractivity contribution >= 4 is 11.9 Å². The molecule has 0 unspecified atom stereocenters. The van der Waals surface area contributed by atoms with Gasteiger partial charge in [0.25, 0.3) is 0 Å². The van der Waals surface area contributed by atoms with E-state index in [2.05, 4.69) is 13.8 Å². The Labute approximate surface area is 134 Å². The SMILES string of the molecule is CC(C)CCCCCCCCCCC(=O)N(O)CCC(=O)O. The maximum absolute atomic E-state index is 11.5. The number of amides is 1. The Morgan fingerprint density at radius 1 is 0.864 bits per heavy atom. The second kappa shape index (κ2) is 13.6. The van der Waals surface area contributed by atoms with Gasteiger partial charge in [0, 0.05) is 6.42 Å². The van der Waals surface area contributed by atoms with Crippen LogP contribution in [0.1, 0.15) is 84.5 Å². The van der Waals surface area contributed by atoms with Crippen molar-refractivity contribution in [2.75, 3.05) is 6.54 Å². The summed E-state index contributed by atoms with van der Waals surface area (Å²) in [5.41, 5.74) is 0. The predicted molar refractivity (Wildman–Crippen MR) is 86.8 cm³/mol. The molecule has 0 bridgehead atoms. The third kappa shape index (κ3) is 13.9. The van der Waals surface area contributed by atoms with E-state index < -0.39 is 5.97 Å². The molecule has 0 aromatic rings. The Morgan fingerprint density at radius 2 is 1.36 bits per heavy atom. The molecule has 5 heteroatoms. The van der Waals surface area contributed by atoms with E-state index in [1.165, 1.54) is 38.5 Å². The normalized spacial score (nSPS) is 10.9. The van der Waals surface area contributed by atoms with Gasteiger partial charge in [-0.25, -0.2) is 5.06 Å². The standard InChI is InChI=1S/C17H33NO4/c1-15(2)11-9-7-5-3-4-6-8-10-12-16(19)18(22)14-13-17(20)21/h15,22H,3-14H2,1-2H3,(H,20,21). The number of rotatable bonds is 14. The fraction of sp³-hybridized carbons (Fsp3) is 0.882. The highest BCUT2D eigenvalue weighted by molar-refractivity contribution is 5.75. The molecule has 0 rings (SSSR count). The lowest BCUT2D eigenvalue weighted by Gasteiger charge is -2.13. The van der Waals surface area contributed by atoms with Crippen LogP contribution in [0, 0.1) is 5.92 Å². The molecule has 0 aliphatic carbocycles. The Bertz CT molecular complexity index is 305. The molecular formula is C17H33NO4. The maximum atomic E-state index is 11.5. The highest BCUT2D eigenvalue weighted by Crippen LogP contribution is 2.13. The minimum absolute atomic E-state index is 0.134. The van der Waals surface area contributed by atoms with Crippen LogP contribution in [0.5, 0.6) is 0 Å². The van der Waals surface area contributed by atoms with Crippen LogP contribution in [-0.4, -0.2) is 33.8 Å². The van der Waals surface area contributed by atoms with E-state index in [4.69, 9.17) is 5.11 Å². The molecule has 0 aliphatic heterocycles. The molecule has 2 N–H and O–H groups in total. The third-order valence-electron chi connectivity index (χ3n) is 3.75. The molecule has 5 nitrogen and oxygen atoms in total. The van der Waals surface area contributed by atoms with Crippen molar-refractivity contribution in [1.29, 1.82) is 0 Å². The summed E-state index contributed by atoms with van der Waals surface area (Å²) in [6.45, 7) is 4.39. The van der Waals surface area contributed by atoms with Gasteiger partial charge >= 0.3 is 5.97 Å². The average Bonchev–Trinajstić information content (AvgIpc) is 2.45. The number of hydroxylamine groups is 2. The van der Waals surface area contributed by atoms with Gasteiger partial charge in [-0.2, -0.15) is 0 Å². The topological polar surface area (TPSA) is 77.8 Å². The number of hydrogen-bond acceptors (Lipinski definition) is 3. The van der Waals surface area contributed by atoms with Crippen LogP contribution >= 0.6 is 0 Å². The third-order valence-corrected chi connectivity index (χ3v) is 3.75. The first-order valence-electron chi connectivity index (χ1n) is 8.64. The minimum Gasteiger partial charge on any atom is -0.481 e. The van der Waals surface area contributed by atoms with E-state index in [9.17, 15) is 14.8 Å². The van der Waals surface area contributed by atoms with Crippen LogP contribution in [0.15, 0.2) is 0 Å². The summed E-state index contributed by atoms with van der Waals surface area (Å²) >= 11 is 0. The van der Waals surface area contributed by atoms with E-state index in [-0.39, 0.29) is 18.9 Å². The predicted octanol–water partition coefficient (Wildman–Crippen LogP) is 4.24. The summed E-state index contributed by atoms with van der Waals surface area (Å²) in [7, 11) is 0. The highest BCUT2D eigenvalue weighted by Gasteiger charge is 2.11. The number of aliphatic carboxylic acids is 1. The lowest BCUT2D eigenvalue weighted by molar-refractivity contribution is -0.167. The zero-order chi connectivity index (χ0) is 16.8. The molecule has 0 fully saturated rings. The van der Waals surface area contributed by atoms with Gasteiger partial charge < -0.3 is 5.11 Å². The first-order chi connectivity index (χ1) is 10.4. The second-order valence-corrected chi connectivity index (χ2v) is 6.42. The van der Waals surface area contributed by atoms with Crippen LogP contribution in [-0.2, 0) is 9.59 Å². The summed E-state index contributed by atoms with van der Waals surface area (Å²) in [5, 5.41) is 18.4. The Morgan fingerprint density at radius 3 is 1.86 bits per heavy atom. The van der Waals surface area contributed by atoms with Crippen molar-refractivity contribution < 1.29 is 19.9 Å². The fourth-order valence-electron chi connectivity index (χ4n) is 2.34. The van der Waals surface area contributed by atoms with Crippen molar-refractivity contribution in [1.82, 2.24) is 5.06 Å². The van der Waals surface area contributed by atoms with Gasteiger partial charge in [-0.15, -0.1) is 0 Å². The van der Waals surface area contributed by atoms with E-state index in [0.29, 0.717) is 11.5 Å². The first kappa shape index (κ1) is 20.9. The number of unbranched alkanes of at least 4 members (excludes halogenated alkanes) is 7. The van der Waals surface area contributed by atoms with E-state index >= 15 is 0 Å². The zero-order valence-electron chi connectivity index (χ0n) is 14.2. The number of carbonyl (C=O) groups is 2.